The molecule has 1 aliphatic carbocycles. The molecule has 112 valence electrons. The van der Waals surface area contributed by atoms with Gasteiger partial charge in [-0.15, -0.1) is 0 Å². The van der Waals surface area contributed by atoms with Crippen LogP contribution in [-0.2, 0) is 10.0 Å². The lowest BCUT2D eigenvalue weighted by atomic mass is 10.5. The quantitative estimate of drug-likeness (QED) is 0.618. The molecule has 1 aliphatic rings. The second-order valence-electron chi connectivity index (χ2n) is 5.14. The van der Waals surface area contributed by atoms with Crippen molar-refractivity contribution in [1.82, 2.24) is 19.8 Å². The lowest BCUT2D eigenvalue weighted by molar-refractivity contribution is 0.239. The molecule has 0 aromatic heterocycles. The number of hydrogen-bond acceptors (Lipinski definition) is 4. The van der Waals surface area contributed by atoms with Crippen molar-refractivity contribution in [3.05, 3.63) is 0 Å². The maximum atomic E-state index is 11.6. The standard InChI is InChI=1S/C11H24N4O3S/c1-14(2)8-9-15(19(3,17)18)7-6-12-11(16)13-10-4-5-10/h10H,4-9H2,1-3H3,(H2,12,13,16). The van der Waals surface area contributed by atoms with Crippen molar-refractivity contribution < 1.29 is 13.2 Å². The van der Waals surface area contributed by atoms with Gasteiger partial charge in [0.25, 0.3) is 0 Å². The van der Waals surface area contributed by atoms with Gasteiger partial charge in [-0.3, -0.25) is 0 Å². The van der Waals surface area contributed by atoms with Gasteiger partial charge >= 0.3 is 6.03 Å². The first-order valence-electron chi connectivity index (χ1n) is 6.43. The van der Waals surface area contributed by atoms with Crippen LogP contribution in [0.1, 0.15) is 12.8 Å². The van der Waals surface area contributed by atoms with Crippen LogP contribution in [0, 0.1) is 0 Å². The van der Waals surface area contributed by atoms with E-state index in [1.165, 1.54) is 10.6 Å². The number of carbonyl (C=O) groups is 1. The molecule has 0 aromatic carbocycles. The van der Waals surface area contributed by atoms with Gasteiger partial charge in [0.15, 0.2) is 0 Å². The van der Waals surface area contributed by atoms with Crippen LogP contribution in [0.25, 0.3) is 0 Å². The fourth-order valence-corrected chi connectivity index (χ4v) is 2.35. The number of amides is 2. The van der Waals surface area contributed by atoms with Gasteiger partial charge in [-0.2, -0.15) is 4.31 Å². The molecule has 1 saturated carbocycles. The third kappa shape index (κ3) is 7.34. The smallest absolute Gasteiger partial charge is 0.315 e. The molecular formula is C11H24N4O3S. The largest absolute Gasteiger partial charge is 0.337 e. The van der Waals surface area contributed by atoms with Crippen molar-refractivity contribution in [1.29, 1.82) is 0 Å². The molecule has 0 aromatic rings. The highest BCUT2D eigenvalue weighted by molar-refractivity contribution is 7.88. The van der Waals surface area contributed by atoms with Gasteiger partial charge < -0.3 is 15.5 Å². The van der Waals surface area contributed by atoms with E-state index in [-0.39, 0.29) is 6.03 Å². The molecule has 0 bridgehead atoms. The Bertz CT molecular complexity index is 393. The number of nitrogens with zero attached hydrogens (tertiary/aromatic N) is 2. The number of urea groups is 1. The number of carbonyl (C=O) groups excluding carboxylic acids is 1. The van der Waals surface area contributed by atoms with Crippen LogP contribution in [0.5, 0.6) is 0 Å². The Kier molecular flexibility index (Phi) is 6.02. The van der Waals surface area contributed by atoms with Crippen LogP contribution in [0.4, 0.5) is 4.79 Å². The zero-order valence-electron chi connectivity index (χ0n) is 11.8. The predicted octanol–water partition coefficient (Wildman–Crippen LogP) is -0.729. The average Bonchev–Trinajstić information content (AvgIpc) is 3.04. The van der Waals surface area contributed by atoms with E-state index in [1.54, 1.807) is 0 Å². The maximum absolute atomic E-state index is 11.6. The minimum Gasteiger partial charge on any atom is -0.337 e. The Hall–Kier alpha value is -0.860. The predicted molar refractivity (Wildman–Crippen MR) is 74.5 cm³/mol. The highest BCUT2D eigenvalue weighted by Gasteiger charge is 2.23. The van der Waals surface area contributed by atoms with E-state index in [9.17, 15) is 13.2 Å². The van der Waals surface area contributed by atoms with Crippen LogP contribution >= 0.6 is 0 Å². The highest BCUT2D eigenvalue weighted by Crippen LogP contribution is 2.18. The van der Waals surface area contributed by atoms with Crippen molar-refractivity contribution in [2.75, 3.05) is 46.5 Å². The summed E-state index contributed by atoms with van der Waals surface area (Å²) in [6.45, 7) is 1.70. The molecule has 2 amide bonds. The van der Waals surface area contributed by atoms with Crippen molar-refractivity contribution in [2.45, 2.75) is 18.9 Å². The molecular weight excluding hydrogens is 268 g/mol. The Morgan fingerprint density at radius 1 is 1.21 bits per heavy atom. The molecule has 0 atom stereocenters. The number of likely N-dealkylation sites (N-methyl/N-ethyl adjacent to an activating group) is 1. The lowest BCUT2D eigenvalue weighted by Crippen LogP contribution is -2.44. The summed E-state index contributed by atoms with van der Waals surface area (Å²) in [5.74, 6) is 0. The molecule has 0 unspecified atom stereocenters. The Morgan fingerprint density at radius 3 is 2.32 bits per heavy atom. The second-order valence-corrected chi connectivity index (χ2v) is 7.12. The van der Waals surface area contributed by atoms with Crippen LogP contribution in [0.2, 0.25) is 0 Å². The molecule has 2 N–H and O–H groups in total. The van der Waals surface area contributed by atoms with Crippen LogP contribution in [-0.4, -0.2) is 76.2 Å². The van der Waals surface area contributed by atoms with Crippen molar-refractivity contribution in [2.24, 2.45) is 0 Å². The van der Waals surface area contributed by atoms with Crippen molar-refractivity contribution in [3.8, 4) is 0 Å². The van der Waals surface area contributed by atoms with Gasteiger partial charge in [0.1, 0.15) is 0 Å². The Labute approximate surface area is 115 Å². The van der Waals surface area contributed by atoms with Gasteiger partial charge in [-0.1, -0.05) is 0 Å². The number of nitrogens with one attached hydrogen (secondary N) is 2. The zero-order valence-corrected chi connectivity index (χ0v) is 12.7. The van der Waals surface area contributed by atoms with Crippen LogP contribution < -0.4 is 10.6 Å². The second kappa shape index (κ2) is 7.06. The topological polar surface area (TPSA) is 81.8 Å². The van der Waals surface area contributed by atoms with E-state index in [0.29, 0.717) is 32.2 Å². The number of hydrogen-bond donors (Lipinski definition) is 2. The molecule has 0 radical (unpaired) electrons. The van der Waals surface area contributed by atoms with Crippen LogP contribution in [0.3, 0.4) is 0 Å². The van der Waals surface area contributed by atoms with E-state index in [1.807, 2.05) is 19.0 Å². The summed E-state index contributed by atoms with van der Waals surface area (Å²) in [5, 5.41) is 5.46. The fraction of sp³-hybridized carbons (Fsp3) is 0.909. The summed E-state index contributed by atoms with van der Waals surface area (Å²) >= 11 is 0. The van der Waals surface area contributed by atoms with E-state index in [4.69, 9.17) is 0 Å². The minimum atomic E-state index is -3.23. The fourth-order valence-electron chi connectivity index (χ4n) is 1.51. The molecule has 0 spiro atoms. The summed E-state index contributed by atoms with van der Waals surface area (Å²) in [7, 11) is 0.547. The van der Waals surface area contributed by atoms with E-state index in [0.717, 1.165) is 12.8 Å². The lowest BCUT2D eigenvalue weighted by Gasteiger charge is -2.22. The monoisotopic (exact) mass is 292 g/mol. The van der Waals surface area contributed by atoms with Crippen LogP contribution in [0.15, 0.2) is 0 Å². The molecule has 1 rings (SSSR count). The highest BCUT2D eigenvalue weighted by atomic mass is 32.2. The summed E-state index contributed by atoms with van der Waals surface area (Å²) in [5.41, 5.74) is 0. The zero-order chi connectivity index (χ0) is 14.5. The minimum absolute atomic E-state index is 0.219. The summed E-state index contributed by atoms with van der Waals surface area (Å²) < 4.78 is 24.6. The molecule has 0 aliphatic heterocycles. The Balaban J connectivity index is 2.29. The molecule has 0 heterocycles. The third-order valence-corrected chi connectivity index (χ3v) is 4.13. The number of sulfonamides is 1. The normalized spacial score (nSPS) is 15.8. The molecule has 7 nitrogen and oxygen atoms in total. The van der Waals surface area contributed by atoms with Gasteiger partial charge in [-0.25, -0.2) is 13.2 Å². The first-order chi connectivity index (χ1) is 8.79. The molecule has 1 fully saturated rings. The molecule has 19 heavy (non-hydrogen) atoms. The molecule has 0 saturated heterocycles. The van der Waals surface area contributed by atoms with Gasteiger partial charge in [0.05, 0.1) is 6.26 Å². The first-order valence-corrected chi connectivity index (χ1v) is 8.28. The van der Waals surface area contributed by atoms with Crippen molar-refractivity contribution in [3.63, 3.8) is 0 Å². The summed E-state index contributed by atoms with van der Waals surface area (Å²) in [6, 6.07) is 0.0864. The Morgan fingerprint density at radius 2 is 1.84 bits per heavy atom. The van der Waals surface area contributed by atoms with E-state index >= 15 is 0 Å². The number of rotatable bonds is 8. The SMILES string of the molecule is CN(C)CCN(CCNC(=O)NC1CC1)S(C)(=O)=O. The summed E-state index contributed by atoms with van der Waals surface area (Å²) in [4.78, 5) is 13.3. The first kappa shape index (κ1) is 16.2. The third-order valence-electron chi connectivity index (χ3n) is 2.82. The summed E-state index contributed by atoms with van der Waals surface area (Å²) in [6.07, 6.45) is 3.25. The van der Waals surface area contributed by atoms with Gasteiger partial charge in [-0.05, 0) is 26.9 Å². The van der Waals surface area contributed by atoms with Gasteiger partial charge in [0, 0.05) is 32.2 Å². The van der Waals surface area contributed by atoms with Crippen molar-refractivity contribution >= 4 is 16.1 Å². The maximum Gasteiger partial charge on any atom is 0.315 e. The average molecular weight is 292 g/mol. The van der Waals surface area contributed by atoms with E-state index < -0.39 is 10.0 Å². The van der Waals surface area contributed by atoms with Gasteiger partial charge in [0.2, 0.25) is 10.0 Å². The van der Waals surface area contributed by atoms with E-state index in [2.05, 4.69) is 10.6 Å². The molecule has 8 heteroatoms.